The highest BCUT2D eigenvalue weighted by atomic mass is 35.5. The van der Waals surface area contributed by atoms with E-state index in [2.05, 4.69) is 6.07 Å². The molecule has 0 unspecified atom stereocenters. The summed E-state index contributed by atoms with van der Waals surface area (Å²) in [7, 11) is 1.44. The Balaban J connectivity index is 3.47. The number of benzene rings is 1. The molecule has 0 saturated carbocycles. The van der Waals surface area contributed by atoms with Crippen LogP contribution < -0.4 is 4.74 Å². The molecule has 0 radical (unpaired) electrons. The highest BCUT2D eigenvalue weighted by Crippen LogP contribution is 2.37. The second kappa shape index (κ2) is 4.08. The van der Waals surface area contributed by atoms with E-state index in [-0.39, 0.29) is 5.02 Å². The zero-order chi connectivity index (χ0) is 11.6. The molecule has 0 aromatic heterocycles. The molecule has 15 heavy (non-hydrogen) atoms. The van der Waals surface area contributed by atoms with E-state index >= 15 is 0 Å². The minimum atomic E-state index is -0.836. The van der Waals surface area contributed by atoms with Crippen LogP contribution in [0.4, 0.5) is 4.39 Å². The highest BCUT2D eigenvalue weighted by molar-refractivity contribution is 6.32. The number of hydrogen-bond acceptors (Lipinski definition) is 2. The van der Waals surface area contributed by atoms with Crippen LogP contribution in [-0.4, -0.2) is 7.11 Å². The van der Waals surface area contributed by atoms with Crippen LogP contribution in [0.1, 0.15) is 19.4 Å². The van der Waals surface area contributed by atoms with Crippen molar-refractivity contribution in [2.24, 2.45) is 0 Å². The Morgan fingerprint density at radius 1 is 1.47 bits per heavy atom. The molecule has 80 valence electrons. The van der Waals surface area contributed by atoms with Crippen LogP contribution in [0, 0.1) is 17.1 Å². The molecule has 0 fully saturated rings. The molecule has 0 saturated heterocycles. The maximum atomic E-state index is 13.2. The van der Waals surface area contributed by atoms with Crippen LogP contribution in [0.15, 0.2) is 12.1 Å². The fourth-order valence-corrected chi connectivity index (χ4v) is 1.58. The number of ether oxygens (including phenoxy) is 1. The van der Waals surface area contributed by atoms with Gasteiger partial charge in [-0.1, -0.05) is 11.6 Å². The fourth-order valence-electron chi connectivity index (χ4n) is 1.29. The molecule has 0 heterocycles. The summed E-state index contributed by atoms with van der Waals surface area (Å²) in [6.07, 6.45) is 0. The maximum Gasteiger partial charge on any atom is 0.142 e. The van der Waals surface area contributed by atoms with Gasteiger partial charge in [-0.05, 0) is 26.0 Å². The van der Waals surface area contributed by atoms with Gasteiger partial charge in [-0.2, -0.15) is 5.26 Å². The number of methoxy groups -OCH3 is 1. The molecule has 0 aliphatic heterocycles. The van der Waals surface area contributed by atoms with E-state index in [1.165, 1.54) is 13.2 Å². The lowest BCUT2D eigenvalue weighted by molar-refractivity contribution is 0.401. The van der Waals surface area contributed by atoms with Gasteiger partial charge in [0.2, 0.25) is 0 Å². The zero-order valence-electron chi connectivity index (χ0n) is 8.77. The molecule has 4 heteroatoms. The number of nitrogens with zero attached hydrogens (tertiary/aromatic N) is 1. The first-order valence-corrected chi connectivity index (χ1v) is 4.75. The molecule has 0 aliphatic rings. The first kappa shape index (κ1) is 11.8. The molecule has 0 amide bonds. The third-order valence-corrected chi connectivity index (χ3v) is 2.45. The van der Waals surface area contributed by atoms with Crippen molar-refractivity contribution in [2.45, 2.75) is 19.3 Å². The van der Waals surface area contributed by atoms with Crippen molar-refractivity contribution in [3.63, 3.8) is 0 Å². The van der Waals surface area contributed by atoms with E-state index in [1.807, 2.05) is 0 Å². The summed E-state index contributed by atoms with van der Waals surface area (Å²) in [4.78, 5) is 0. The number of halogens is 2. The number of rotatable bonds is 2. The van der Waals surface area contributed by atoms with Crippen molar-refractivity contribution in [1.82, 2.24) is 0 Å². The summed E-state index contributed by atoms with van der Waals surface area (Å²) in [5.41, 5.74) is -0.380. The van der Waals surface area contributed by atoms with Crippen molar-refractivity contribution < 1.29 is 9.13 Å². The normalized spacial score (nSPS) is 10.9. The van der Waals surface area contributed by atoms with Crippen LogP contribution in [0.25, 0.3) is 0 Å². The standard InChI is InChI=1S/C11H11ClFNO/c1-11(2,6-14)8-4-7(13)5-9(12)10(8)15-3/h4-5H,1-3H3. The molecule has 1 rings (SSSR count). The second-order valence-corrected chi connectivity index (χ2v) is 4.11. The average molecular weight is 228 g/mol. The van der Waals surface area contributed by atoms with E-state index in [1.54, 1.807) is 13.8 Å². The largest absolute Gasteiger partial charge is 0.495 e. The van der Waals surface area contributed by atoms with Gasteiger partial charge in [-0.25, -0.2) is 4.39 Å². The van der Waals surface area contributed by atoms with Gasteiger partial charge in [-0.15, -0.1) is 0 Å². The van der Waals surface area contributed by atoms with Crippen molar-refractivity contribution in [2.75, 3.05) is 7.11 Å². The lowest BCUT2D eigenvalue weighted by Crippen LogP contribution is -2.15. The molecule has 0 bridgehead atoms. The van der Waals surface area contributed by atoms with Crippen LogP contribution in [0.5, 0.6) is 5.75 Å². The van der Waals surface area contributed by atoms with E-state index in [4.69, 9.17) is 21.6 Å². The number of nitriles is 1. The Bertz CT molecular complexity index is 423. The van der Waals surface area contributed by atoms with Crippen molar-refractivity contribution in [1.29, 1.82) is 5.26 Å². The van der Waals surface area contributed by atoms with E-state index in [0.717, 1.165) is 6.07 Å². The van der Waals surface area contributed by atoms with Gasteiger partial charge >= 0.3 is 0 Å². The van der Waals surface area contributed by atoms with Gasteiger partial charge < -0.3 is 4.74 Å². The predicted octanol–water partition coefficient (Wildman–Crippen LogP) is 3.29. The molecule has 0 spiro atoms. The van der Waals surface area contributed by atoms with Gasteiger partial charge in [0.1, 0.15) is 11.6 Å². The smallest absolute Gasteiger partial charge is 0.142 e. The molecule has 0 N–H and O–H groups in total. The molecule has 0 atom stereocenters. The quantitative estimate of drug-likeness (QED) is 0.777. The second-order valence-electron chi connectivity index (χ2n) is 3.71. The summed E-state index contributed by atoms with van der Waals surface area (Å²) >= 11 is 5.82. The van der Waals surface area contributed by atoms with Crippen molar-refractivity contribution >= 4 is 11.6 Å². The maximum absolute atomic E-state index is 13.2. The zero-order valence-corrected chi connectivity index (χ0v) is 9.52. The summed E-state index contributed by atoms with van der Waals surface area (Å²) in [5, 5.41) is 9.15. The minimum Gasteiger partial charge on any atom is -0.495 e. The lowest BCUT2D eigenvalue weighted by atomic mass is 9.85. The van der Waals surface area contributed by atoms with Crippen LogP contribution in [0.2, 0.25) is 5.02 Å². The van der Waals surface area contributed by atoms with E-state index < -0.39 is 11.2 Å². The Kier molecular flexibility index (Phi) is 3.21. The third-order valence-electron chi connectivity index (χ3n) is 2.17. The molecule has 2 nitrogen and oxygen atoms in total. The van der Waals surface area contributed by atoms with Crippen molar-refractivity contribution in [3.8, 4) is 11.8 Å². The lowest BCUT2D eigenvalue weighted by Gasteiger charge is -2.20. The van der Waals surface area contributed by atoms with E-state index in [0.29, 0.717) is 11.3 Å². The molecule has 0 aliphatic carbocycles. The third kappa shape index (κ3) is 2.21. The summed E-state index contributed by atoms with van der Waals surface area (Å²) in [5.74, 6) is -0.122. The van der Waals surface area contributed by atoms with E-state index in [9.17, 15) is 4.39 Å². The van der Waals surface area contributed by atoms with Gasteiger partial charge in [0, 0.05) is 5.56 Å². The topological polar surface area (TPSA) is 33.0 Å². The summed E-state index contributed by atoms with van der Waals surface area (Å²) in [6, 6.07) is 4.52. The first-order chi connectivity index (χ1) is 6.92. The molecular weight excluding hydrogens is 217 g/mol. The van der Waals surface area contributed by atoms with Crippen molar-refractivity contribution in [3.05, 3.63) is 28.5 Å². The van der Waals surface area contributed by atoms with Gasteiger partial charge in [0.15, 0.2) is 0 Å². The fraction of sp³-hybridized carbons (Fsp3) is 0.364. The highest BCUT2D eigenvalue weighted by Gasteiger charge is 2.26. The summed E-state index contributed by atoms with van der Waals surface area (Å²) in [6.45, 7) is 3.36. The Morgan fingerprint density at radius 3 is 2.53 bits per heavy atom. The Hall–Kier alpha value is -1.27. The Labute approximate surface area is 93.2 Å². The van der Waals surface area contributed by atoms with Crippen LogP contribution in [-0.2, 0) is 5.41 Å². The average Bonchev–Trinajstić information content (AvgIpc) is 2.16. The van der Waals surface area contributed by atoms with Gasteiger partial charge in [0.05, 0.1) is 23.6 Å². The first-order valence-electron chi connectivity index (χ1n) is 4.37. The molecule has 1 aromatic carbocycles. The number of hydrogen-bond donors (Lipinski definition) is 0. The molecular formula is C11H11ClFNO. The predicted molar refractivity (Wildman–Crippen MR) is 56.6 cm³/mol. The monoisotopic (exact) mass is 227 g/mol. The summed E-state index contributed by atoms with van der Waals surface area (Å²) < 4.78 is 18.2. The molecule has 1 aromatic rings. The minimum absolute atomic E-state index is 0.177. The SMILES string of the molecule is COc1c(Cl)cc(F)cc1C(C)(C)C#N. The van der Waals surface area contributed by atoms with Gasteiger partial charge in [0.25, 0.3) is 0 Å². The van der Waals surface area contributed by atoms with Crippen LogP contribution in [0.3, 0.4) is 0 Å². The van der Waals surface area contributed by atoms with Crippen LogP contribution >= 0.6 is 11.6 Å². The van der Waals surface area contributed by atoms with Gasteiger partial charge in [-0.3, -0.25) is 0 Å². The Morgan fingerprint density at radius 2 is 2.07 bits per heavy atom.